The minimum absolute atomic E-state index is 0.0780. The predicted molar refractivity (Wildman–Crippen MR) is 98.9 cm³/mol. The number of hydrogen-bond acceptors (Lipinski definition) is 4. The molecule has 6 nitrogen and oxygen atoms in total. The van der Waals surface area contributed by atoms with Gasteiger partial charge in [0.25, 0.3) is 0 Å². The van der Waals surface area contributed by atoms with Gasteiger partial charge in [-0.2, -0.15) is 0 Å². The molecule has 0 aliphatic carbocycles. The van der Waals surface area contributed by atoms with Crippen molar-refractivity contribution in [3.63, 3.8) is 0 Å². The van der Waals surface area contributed by atoms with Crippen molar-refractivity contribution >= 4 is 5.96 Å². The van der Waals surface area contributed by atoms with Gasteiger partial charge in [0, 0.05) is 25.6 Å². The Kier molecular flexibility index (Phi) is 8.19. The average molecular weight is 399 g/mol. The molecule has 1 aromatic carbocycles. The first-order valence-electron chi connectivity index (χ1n) is 8.89. The van der Waals surface area contributed by atoms with Crippen molar-refractivity contribution < 1.29 is 27.4 Å². The fraction of sp³-hybridized carbons (Fsp3) is 0.421. The summed E-state index contributed by atoms with van der Waals surface area (Å²) in [7, 11) is 0. The van der Waals surface area contributed by atoms with Gasteiger partial charge >= 0.3 is 6.36 Å². The summed E-state index contributed by atoms with van der Waals surface area (Å²) in [6.45, 7) is 3.37. The molecule has 2 rings (SSSR count). The van der Waals surface area contributed by atoms with Crippen LogP contribution >= 0.6 is 0 Å². The number of furan rings is 1. The van der Waals surface area contributed by atoms with E-state index >= 15 is 0 Å². The number of rotatable bonds is 9. The van der Waals surface area contributed by atoms with Crippen LogP contribution in [0, 0.1) is 5.92 Å². The van der Waals surface area contributed by atoms with E-state index in [1.165, 1.54) is 12.1 Å². The van der Waals surface area contributed by atoms with E-state index in [9.17, 15) is 18.3 Å². The molecule has 0 aliphatic rings. The first kappa shape index (κ1) is 21.6. The van der Waals surface area contributed by atoms with Gasteiger partial charge in [0.2, 0.25) is 0 Å². The van der Waals surface area contributed by atoms with E-state index in [1.54, 1.807) is 24.5 Å². The quantitative estimate of drug-likeness (QED) is 0.446. The van der Waals surface area contributed by atoms with Crippen molar-refractivity contribution in [1.29, 1.82) is 0 Å². The fourth-order valence-electron chi connectivity index (χ4n) is 2.50. The molecule has 0 bridgehead atoms. The third-order valence-electron chi connectivity index (χ3n) is 3.82. The number of aliphatic imine (C=N–C) groups is 1. The van der Waals surface area contributed by atoms with Crippen LogP contribution in [0.3, 0.4) is 0 Å². The first-order chi connectivity index (χ1) is 13.4. The molecular formula is C19H24F3N3O3. The lowest BCUT2D eigenvalue weighted by atomic mass is 10.00. The highest BCUT2D eigenvalue weighted by atomic mass is 19.4. The van der Waals surface area contributed by atoms with Crippen molar-refractivity contribution in [2.75, 3.05) is 19.7 Å². The molecule has 9 heteroatoms. The maximum absolute atomic E-state index is 12.2. The lowest BCUT2D eigenvalue weighted by Gasteiger charge is -2.18. The number of aliphatic hydroxyl groups excluding tert-OH is 1. The largest absolute Gasteiger partial charge is 0.573 e. The van der Waals surface area contributed by atoms with Crippen LogP contribution in [0.1, 0.15) is 18.2 Å². The predicted octanol–water partition coefficient (Wildman–Crippen LogP) is 3.08. The van der Waals surface area contributed by atoms with E-state index in [0.29, 0.717) is 32.0 Å². The molecule has 0 saturated heterocycles. The Balaban J connectivity index is 1.88. The minimum Gasteiger partial charge on any atom is -0.467 e. The smallest absolute Gasteiger partial charge is 0.467 e. The van der Waals surface area contributed by atoms with Crippen LogP contribution in [-0.4, -0.2) is 37.1 Å². The van der Waals surface area contributed by atoms with E-state index in [2.05, 4.69) is 20.4 Å². The molecule has 0 spiro atoms. The Hall–Kier alpha value is -2.68. The molecule has 0 fully saturated rings. The molecule has 0 radical (unpaired) electrons. The van der Waals surface area contributed by atoms with Gasteiger partial charge in [0.05, 0.1) is 6.26 Å². The van der Waals surface area contributed by atoms with Crippen LogP contribution in [-0.2, 0) is 13.0 Å². The zero-order valence-corrected chi connectivity index (χ0v) is 15.5. The van der Waals surface area contributed by atoms with Gasteiger partial charge in [-0.15, -0.1) is 13.2 Å². The second-order valence-corrected chi connectivity index (χ2v) is 6.10. The van der Waals surface area contributed by atoms with Gasteiger partial charge in [-0.3, -0.25) is 0 Å². The minimum atomic E-state index is -4.71. The van der Waals surface area contributed by atoms with Crippen molar-refractivity contribution in [2.24, 2.45) is 10.9 Å². The summed E-state index contributed by atoms with van der Waals surface area (Å²) in [5.41, 5.74) is 0.799. The number of ether oxygens (including phenoxy) is 1. The Bertz CT molecular complexity index is 716. The Labute approximate surface area is 161 Å². The third-order valence-corrected chi connectivity index (χ3v) is 3.82. The van der Waals surface area contributed by atoms with E-state index < -0.39 is 6.36 Å². The topological polar surface area (TPSA) is 79.0 Å². The number of benzene rings is 1. The third kappa shape index (κ3) is 7.91. The zero-order valence-electron chi connectivity index (χ0n) is 15.5. The van der Waals surface area contributed by atoms with Crippen molar-refractivity contribution in [2.45, 2.75) is 26.3 Å². The highest BCUT2D eigenvalue weighted by Gasteiger charge is 2.30. The summed E-state index contributed by atoms with van der Waals surface area (Å²) in [5, 5.41) is 15.9. The highest BCUT2D eigenvalue weighted by molar-refractivity contribution is 5.79. The van der Waals surface area contributed by atoms with Crippen molar-refractivity contribution in [1.82, 2.24) is 10.6 Å². The number of hydrogen-bond donors (Lipinski definition) is 3. The maximum Gasteiger partial charge on any atom is 0.573 e. The normalized spacial score (nSPS) is 13.2. The number of nitrogens with zero attached hydrogens (tertiary/aromatic N) is 1. The molecule has 1 atom stereocenters. The molecule has 2 aromatic rings. The average Bonchev–Trinajstić information content (AvgIpc) is 3.16. The maximum atomic E-state index is 12.2. The molecule has 0 saturated carbocycles. The molecule has 0 amide bonds. The van der Waals surface area contributed by atoms with E-state index in [1.807, 2.05) is 13.0 Å². The van der Waals surface area contributed by atoms with Gasteiger partial charge < -0.3 is 24.9 Å². The summed E-state index contributed by atoms with van der Waals surface area (Å²) >= 11 is 0. The molecule has 0 aliphatic heterocycles. The number of guanidine groups is 1. The molecule has 1 heterocycles. The zero-order chi connectivity index (χ0) is 20.4. The van der Waals surface area contributed by atoms with Crippen LogP contribution in [0.15, 0.2) is 52.1 Å². The monoisotopic (exact) mass is 399 g/mol. The summed E-state index contributed by atoms with van der Waals surface area (Å²) in [4.78, 5) is 4.41. The number of alkyl halides is 3. The van der Waals surface area contributed by atoms with Crippen LogP contribution < -0.4 is 15.4 Å². The van der Waals surface area contributed by atoms with Crippen LogP contribution in [0.25, 0.3) is 0 Å². The molecule has 1 aromatic heterocycles. The Morgan fingerprint density at radius 2 is 1.96 bits per heavy atom. The molecule has 154 valence electrons. The standard InChI is InChI=1S/C19H24F3N3O3/c1-2-23-18(25-12-17-4-3-9-27-17)24-11-15(13-26)10-14-5-7-16(8-6-14)28-19(20,21)22/h3-9,15,26H,2,10-13H2,1H3,(H2,23,24,25). The number of halogens is 3. The Morgan fingerprint density at radius 3 is 2.54 bits per heavy atom. The summed E-state index contributed by atoms with van der Waals surface area (Å²) in [6, 6.07) is 9.26. The summed E-state index contributed by atoms with van der Waals surface area (Å²) < 4.78 is 45.7. The molecular weight excluding hydrogens is 375 g/mol. The van der Waals surface area contributed by atoms with E-state index in [4.69, 9.17) is 4.42 Å². The molecule has 3 N–H and O–H groups in total. The van der Waals surface area contributed by atoms with Crippen molar-refractivity contribution in [3.8, 4) is 5.75 Å². The number of nitrogens with one attached hydrogen (secondary N) is 2. The fourth-order valence-corrected chi connectivity index (χ4v) is 2.50. The van der Waals surface area contributed by atoms with Gasteiger partial charge in [-0.25, -0.2) is 4.99 Å². The van der Waals surface area contributed by atoms with E-state index in [-0.39, 0.29) is 18.3 Å². The SMILES string of the molecule is CCNC(=NCc1ccco1)NCC(CO)Cc1ccc(OC(F)(F)F)cc1. The van der Waals surface area contributed by atoms with Crippen LogP contribution in [0.5, 0.6) is 5.75 Å². The van der Waals surface area contributed by atoms with Gasteiger partial charge in [-0.05, 0) is 43.2 Å². The van der Waals surface area contributed by atoms with Gasteiger partial charge in [-0.1, -0.05) is 12.1 Å². The lowest BCUT2D eigenvalue weighted by molar-refractivity contribution is -0.274. The highest BCUT2D eigenvalue weighted by Crippen LogP contribution is 2.23. The second kappa shape index (κ2) is 10.6. The van der Waals surface area contributed by atoms with Gasteiger partial charge in [0.15, 0.2) is 5.96 Å². The summed E-state index contributed by atoms with van der Waals surface area (Å²) in [6.07, 6.45) is -2.64. The van der Waals surface area contributed by atoms with Gasteiger partial charge in [0.1, 0.15) is 18.1 Å². The van der Waals surface area contributed by atoms with E-state index in [0.717, 1.165) is 11.3 Å². The Morgan fingerprint density at radius 1 is 1.21 bits per heavy atom. The molecule has 28 heavy (non-hydrogen) atoms. The summed E-state index contributed by atoms with van der Waals surface area (Å²) in [5.74, 6) is 0.916. The van der Waals surface area contributed by atoms with Crippen molar-refractivity contribution in [3.05, 3.63) is 54.0 Å². The molecule has 1 unspecified atom stereocenters. The first-order valence-corrected chi connectivity index (χ1v) is 8.89. The van der Waals surface area contributed by atoms with Crippen LogP contribution in [0.2, 0.25) is 0 Å². The second-order valence-electron chi connectivity index (χ2n) is 6.10. The lowest BCUT2D eigenvalue weighted by Crippen LogP contribution is -2.40. The van der Waals surface area contributed by atoms with Crippen LogP contribution in [0.4, 0.5) is 13.2 Å². The number of aliphatic hydroxyl groups is 1.